The van der Waals surface area contributed by atoms with Crippen LogP contribution in [0.4, 0.5) is 5.82 Å². The number of aromatic nitrogens is 3. The molecule has 0 bridgehead atoms. The van der Waals surface area contributed by atoms with Crippen molar-refractivity contribution in [3.63, 3.8) is 0 Å². The van der Waals surface area contributed by atoms with Crippen LogP contribution in [0.15, 0.2) is 10.9 Å². The molecular weight excluding hydrogens is 220 g/mol. The molecule has 2 aromatic heterocycles. The minimum absolute atomic E-state index is 0.632. The second kappa shape index (κ2) is 3.83. The summed E-state index contributed by atoms with van der Waals surface area (Å²) in [6, 6.07) is 0. The van der Waals surface area contributed by atoms with Crippen molar-refractivity contribution in [1.82, 2.24) is 15.0 Å². The first-order chi connectivity index (χ1) is 7.84. The first kappa shape index (κ1) is 9.72. The third-order valence-electron chi connectivity index (χ3n) is 2.88. The maximum Gasteiger partial charge on any atom is 0.181 e. The summed E-state index contributed by atoms with van der Waals surface area (Å²) >= 11 is 1.55. The number of nitrogens with zero attached hydrogens (tertiary/aromatic N) is 3. The number of aryl methyl sites for hydroxylation is 1. The Morgan fingerprint density at radius 1 is 1.19 bits per heavy atom. The molecule has 0 aromatic carbocycles. The van der Waals surface area contributed by atoms with Crippen molar-refractivity contribution in [1.29, 1.82) is 0 Å². The largest absolute Gasteiger partial charge is 0.383 e. The Kier molecular flexibility index (Phi) is 2.32. The molecule has 5 heteroatoms. The smallest absolute Gasteiger partial charge is 0.181 e. The van der Waals surface area contributed by atoms with Crippen LogP contribution in [-0.4, -0.2) is 15.0 Å². The van der Waals surface area contributed by atoms with Crippen molar-refractivity contribution in [2.75, 3.05) is 5.73 Å². The van der Waals surface area contributed by atoms with Gasteiger partial charge in [0.1, 0.15) is 11.5 Å². The fourth-order valence-electron chi connectivity index (χ4n) is 2.06. The number of nitrogen functional groups attached to an aromatic ring is 1. The van der Waals surface area contributed by atoms with Gasteiger partial charge in [-0.2, -0.15) is 0 Å². The number of hydrogen-bond acceptors (Lipinski definition) is 5. The van der Waals surface area contributed by atoms with E-state index in [1.54, 1.807) is 16.8 Å². The molecule has 0 saturated heterocycles. The molecule has 1 aliphatic carbocycles. The molecule has 16 heavy (non-hydrogen) atoms. The van der Waals surface area contributed by atoms with Gasteiger partial charge in [-0.05, 0) is 25.7 Å². The zero-order valence-corrected chi connectivity index (χ0v) is 9.63. The minimum Gasteiger partial charge on any atom is -0.383 e. The van der Waals surface area contributed by atoms with Crippen molar-refractivity contribution in [3.8, 4) is 11.5 Å². The second-order valence-corrected chi connectivity index (χ2v) is 4.66. The summed E-state index contributed by atoms with van der Waals surface area (Å²) < 4.78 is 0. The van der Waals surface area contributed by atoms with Crippen LogP contribution in [0.1, 0.15) is 24.1 Å². The predicted molar refractivity (Wildman–Crippen MR) is 64.2 cm³/mol. The monoisotopic (exact) mass is 232 g/mol. The summed E-state index contributed by atoms with van der Waals surface area (Å²) in [5, 5.41) is 1.95. The number of anilines is 1. The van der Waals surface area contributed by atoms with Gasteiger partial charge in [0.25, 0.3) is 0 Å². The summed E-state index contributed by atoms with van der Waals surface area (Å²) in [6.07, 6.45) is 4.41. The Bertz CT molecular complexity index is 507. The first-order valence-electron chi connectivity index (χ1n) is 5.38. The Morgan fingerprint density at radius 3 is 2.88 bits per heavy atom. The molecule has 2 aromatic rings. The van der Waals surface area contributed by atoms with Crippen LogP contribution in [0.3, 0.4) is 0 Å². The summed E-state index contributed by atoms with van der Waals surface area (Å²) in [4.78, 5) is 13.1. The fraction of sp³-hybridized carbons (Fsp3) is 0.364. The number of thiazole rings is 1. The van der Waals surface area contributed by atoms with Crippen LogP contribution >= 0.6 is 11.3 Å². The molecular formula is C11H12N4S. The van der Waals surface area contributed by atoms with Gasteiger partial charge < -0.3 is 5.73 Å². The van der Waals surface area contributed by atoms with Gasteiger partial charge in [-0.1, -0.05) is 0 Å². The molecule has 0 aliphatic heterocycles. The molecule has 0 saturated carbocycles. The third-order valence-corrected chi connectivity index (χ3v) is 3.46. The Morgan fingerprint density at radius 2 is 2.06 bits per heavy atom. The topological polar surface area (TPSA) is 64.7 Å². The summed E-state index contributed by atoms with van der Waals surface area (Å²) in [5.41, 5.74) is 10.8. The molecule has 0 amide bonds. The van der Waals surface area contributed by atoms with E-state index in [1.807, 2.05) is 5.38 Å². The Balaban J connectivity index is 2.12. The molecule has 0 radical (unpaired) electrons. The van der Waals surface area contributed by atoms with Crippen molar-refractivity contribution in [2.24, 2.45) is 0 Å². The van der Waals surface area contributed by atoms with Gasteiger partial charge in [-0.15, -0.1) is 11.3 Å². The van der Waals surface area contributed by atoms with Gasteiger partial charge in [-0.25, -0.2) is 15.0 Å². The van der Waals surface area contributed by atoms with Crippen LogP contribution < -0.4 is 5.73 Å². The van der Waals surface area contributed by atoms with Crippen molar-refractivity contribution in [2.45, 2.75) is 25.7 Å². The van der Waals surface area contributed by atoms with Gasteiger partial charge in [0, 0.05) is 16.6 Å². The van der Waals surface area contributed by atoms with E-state index in [4.69, 9.17) is 5.73 Å². The maximum atomic E-state index is 5.97. The highest BCUT2D eigenvalue weighted by atomic mass is 32.1. The van der Waals surface area contributed by atoms with Crippen LogP contribution in [0.25, 0.3) is 11.5 Å². The molecule has 2 heterocycles. The SMILES string of the molecule is Nc1nc(-c2cscn2)nc2c1CCCC2. The quantitative estimate of drug-likeness (QED) is 0.817. The highest BCUT2D eigenvalue weighted by molar-refractivity contribution is 7.07. The summed E-state index contributed by atoms with van der Waals surface area (Å²) in [6.45, 7) is 0. The van der Waals surface area contributed by atoms with E-state index in [-0.39, 0.29) is 0 Å². The van der Waals surface area contributed by atoms with Gasteiger partial charge in [0.05, 0.1) is 5.51 Å². The lowest BCUT2D eigenvalue weighted by molar-refractivity contribution is 0.666. The molecule has 0 fully saturated rings. The molecule has 1 aliphatic rings. The van der Waals surface area contributed by atoms with Gasteiger partial charge >= 0.3 is 0 Å². The molecule has 0 atom stereocenters. The number of nitrogens with two attached hydrogens (primary N) is 1. The van der Waals surface area contributed by atoms with Crippen LogP contribution in [0.5, 0.6) is 0 Å². The summed E-state index contributed by atoms with van der Waals surface area (Å²) in [7, 11) is 0. The van der Waals surface area contributed by atoms with E-state index in [0.29, 0.717) is 11.6 Å². The predicted octanol–water partition coefficient (Wildman–Crippen LogP) is 2.06. The normalized spacial score (nSPS) is 14.8. The average molecular weight is 232 g/mol. The van der Waals surface area contributed by atoms with E-state index in [2.05, 4.69) is 15.0 Å². The highest BCUT2D eigenvalue weighted by Gasteiger charge is 2.17. The number of fused-ring (bicyclic) bond motifs is 1. The van der Waals surface area contributed by atoms with Crippen molar-refractivity contribution < 1.29 is 0 Å². The second-order valence-electron chi connectivity index (χ2n) is 3.94. The Hall–Kier alpha value is -1.49. The summed E-state index contributed by atoms with van der Waals surface area (Å²) in [5.74, 6) is 1.30. The molecule has 0 unspecified atom stereocenters. The van der Waals surface area contributed by atoms with E-state index in [0.717, 1.165) is 29.8 Å². The van der Waals surface area contributed by atoms with Gasteiger partial charge in [0.15, 0.2) is 5.82 Å². The van der Waals surface area contributed by atoms with E-state index in [9.17, 15) is 0 Å². The van der Waals surface area contributed by atoms with E-state index >= 15 is 0 Å². The molecule has 3 rings (SSSR count). The number of rotatable bonds is 1. The standard InChI is InChI=1S/C11H12N4S/c12-10-7-3-1-2-4-8(7)14-11(15-10)9-5-16-6-13-9/h5-6H,1-4H2,(H2,12,14,15). The maximum absolute atomic E-state index is 5.97. The molecule has 4 nitrogen and oxygen atoms in total. The fourth-order valence-corrected chi connectivity index (χ4v) is 2.59. The zero-order valence-electron chi connectivity index (χ0n) is 8.81. The molecule has 2 N–H and O–H groups in total. The molecule has 82 valence electrons. The Labute approximate surface area is 97.6 Å². The lowest BCUT2D eigenvalue weighted by Crippen LogP contribution is -2.11. The number of hydrogen-bond donors (Lipinski definition) is 1. The highest BCUT2D eigenvalue weighted by Crippen LogP contribution is 2.26. The first-order valence-corrected chi connectivity index (χ1v) is 6.32. The van der Waals surface area contributed by atoms with Crippen LogP contribution in [0.2, 0.25) is 0 Å². The van der Waals surface area contributed by atoms with Crippen molar-refractivity contribution in [3.05, 3.63) is 22.1 Å². The van der Waals surface area contributed by atoms with Gasteiger partial charge in [-0.3, -0.25) is 0 Å². The van der Waals surface area contributed by atoms with Crippen LogP contribution in [-0.2, 0) is 12.8 Å². The van der Waals surface area contributed by atoms with E-state index in [1.165, 1.54) is 12.8 Å². The third kappa shape index (κ3) is 1.57. The lowest BCUT2D eigenvalue weighted by Gasteiger charge is -2.16. The lowest BCUT2D eigenvalue weighted by atomic mass is 9.96. The van der Waals surface area contributed by atoms with E-state index < -0.39 is 0 Å². The average Bonchev–Trinajstić information content (AvgIpc) is 2.82. The van der Waals surface area contributed by atoms with Crippen LogP contribution in [0, 0.1) is 0 Å². The minimum atomic E-state index is 0.632. The molecule has 0 spiro atoms. The van der Waals surface area contributed by atoms with Crippen molar-refractivity contribution >= 4 is 17.2 Å². The van der Waals surface area contributed by atoms with Gasteiger partial charge in [0.2, 0.25) is 0 Å². The zero-order chi connectivity index (χ0) is 11.0.